The highest BCUT2D eigenvalue weighted by molar-refractivity contribution is 6.09. The van der Waals surface area contributed by atoms with Gasteiger partial charge in [0, 0.05) is 29.5 Å². The normalized spacial score (nSPS) is 22.4. The summed E-state index contributed by atoms with van der Waals surface area (Å²) in [5.74, 6) is 0.255. The molecular formula is C21H26N2O2. The van der Waals surface area contributed by atoms with Crippen molar-refractivity contribution in [2.75, 3.05) is 0 Å². The molecule has 1 aromatic carbocycles. The molecule has 4 nitrogen and oxygen atoms in total. The van der Waals surface area contributed by atoms with Gasteiger partial charge in [-0.1, -0.05) is 55.7 Å². The van der Waals surface area contributed by atoms with Crippen molar-refractivity contribution in [2.45, 2.75) is 45.1 Å². The number of ketones is 1. The Kier molecular flexibility index (Phi) is 5.37. The van der Waals surface area contributed by atoms with Crippen molar-refractivity contribution in [2.24, 2.45) is 17.6 Å². The van der Waals surface area contributed by atoms with Crippen molar-refractivity contribution in [1.29, 1.82) is 0 Å². The lowest BCUT2D eigenvalue weighted by atomic mass is 9.74. The predicted molar refractivity (Wildman–Crippen MR) is 98.6 cm³/mol. The van der Waals surface area contributed by atoms with E-state index in [-0.39, 0.29) is 11.7 Å². The van der Waals surface area contributed by atoms with E-state index >= 15 is 0 Å². The average molecular weight is 338 g/mol. The molecule has 25 heavy (non-hydrogen) atoms. The molecule has 1 heterocycles. The van der Waals surface area contributed by atoms with Crippen LogP contribution in [-0.4, -0.2) is 22.6 Å². The SMILES string of the molecule is CC(C(N)=O)N1C=CC(C2CCCCC2)C(C(=O)c2ccccc2)=C1. The van der Waals surface area contributed by atoms with Gasteiger partial charge in [0.1, 0.15) is 6.04 Å². The number of primary amides is 1. The van der Waals surface area contributed by atoms with Gasteiger partial charge in [-0.15, -0.1) is 0 Å². The van der Waals surface area contributed by atoms with Gasteiger partial charge in [0.05, 0.1) is 0 Å². The van der Waals surface area contributed by atoms with Gasteiger partial charge in [-0.2, -0.15) is 0 Å². The maximum absolute atomic E-state index is 13.1. The maximum Gasteiger partial charge on any atom is 0.240 e. The van der Waals surface area contributed by atoms with E-state index in [9.17, 15) is 9.59 Å². The van der Waals surface area contributed by atoms with E-state index in [1.54, 1.807) is 11.8 Å². The van der Waals surface area contributed by atoms with Gasteiger partial charge in [0.15, 0.2) is 5.78 Å². The Morgan fingerprint density at radius 1 is 1.12 bits per heavy atom. The van der Waals surface area contributed by atoms with Crippen LogP contribution in [0.5, 0.6) is 0 Å². The van der Waals surface area contributed by atoms with E-state index < -0.39 is 11.9 Å². The average Bonchev–Trinajstić information content (AvgIpc) is 2.67. The van der Waals surface area contributed by atoms with E-state index in [0.717, 1.165) is 18.4 Å². The molecular weight excluding hydrogens is 312 g/mol. The molecule has 132 valence electrons. The van der Waals surface area contributed by atoms with E-state index in [1.807, 2.05) is 42.7 Å². The number of carbonyl (C=O) groups excluding carboxylic acids is 2. The van der Waals surface area contributed by atoms with Crippen LogP contribution in [0.3, 0.4) is 0 Å². The number of allylic oxidation sites excluding steroid dienone is 2. The monoisotopic (exact) mass is 338 g/mol. The van der Waals surface area contributed by atoms with Crippen LogP contribution in [0.2, 0.25) is 0 Å². The van der Waals surface area contributed by atoms with E-state index in [4.69, 9.17) is 5.73 Å². The summed E-state index contributed by atoms with van der Waals surface area (Å²) in [6, 6.07) is 8.90. The van der Waals surface area contributed by atoms with E-state index in [0.29, 0.717) is 11.5 Å². The Morgan fingerprint density at radius 3 is 2.44 bits per heavy atom. The minimum atomic E-state index is -0.470. The Hall–Kier alpha value is -2.36. The first-order chi connectivity index (χ1) is 12.1. The smallest absolute Gasteiger partial charge is 0.240 e. The molecule has 1 fully saturated rings. The lowest BCUT2D eigenvalue weighted by molar-refractivity contribution is -0.121. The fourth-order valence-electron chi connectivity index (χ4n) is 3.84. The molecule has 4 heteroatoms. The van der Waals surface area contributed by atoms with Crippen molar-refractivity contribution < 1.29 is 9.59 Å². The van der Waals surface area contributed by atoms with Gasteiger partial charge in [0.2, 0.25) is 5.91 Å². The van der Waals surface area contributed by atoms with Crippen LogP contribution >= 0.6 is 0 Å². The number of hydrogen-bond donors (Lipinski definition) is 1. The molecule has 1 aliphatic carbocycles. The zero-order valence-corrected chi connectivity index (χ0v) is 14.7. The zero-order valence-electron chi connectivity index (χ0n) is 14.7. The Balaban J connectivity index is 1.92. The summed E-state index contributed by atoms with van der Waals surface area (Å²) in [6.45, 7) is 1.76. The van der Waals surface area contributed by atoms with Crippen LogP contribution in [0.1, 0.15) is 49.4 Å². The van der Waals surface area contributed by atoms with Crippen molar-refractivity contribution in [3.63, 3.8) is 0 Å². The highest BCUT2D eigenvalue weighted by Crippen LogP contribution is 2.38. The van der Waals surface area contributed by atoms with Crippen molar-refractivity contribution >= 4 is 11.7 Å². The highest BCUT2D eigenvalue weighted by atomic mass is 16.1. The van der Waals surface area contributed by atoms with Crippen LogP contribution in [0.4, 0.5) is 0 Å². The molecule has 0 radical (unpaired) electrons. The minimum absolute atomic E-state index is 0.0437. The number of carbonyl (C=O) groups is 2. The number of Topliss-reactive ketones (excluding diaryl/α,β-unsaturated/α-hetero) is 1. The first-order valence-corrected chi connectivity index (χ1v) is 9.14. The number of amides is 1. The molecule has 0 spiro atoms. The van der Waals surface area contributed by atoms with Crippen molar-refractivity contribution in [3.8, 4) is 0 Å². The van der Waals surface area contributed by atoms with Crippen LogP contribution < -0.4 is 5.73 Å². The van der Waals surface area contributed by atoms with Crippen molar-refractivity contribution in [1.82, 2.24) is 4.90 Å². The summed E-state index contributed by atoms with van der Waals surface area (Å²) in [6.07, 6.45) is 11.9. The summed E-state index contributed by atoms with van der Waals surface area (Å²) in [7, 11) is 0. The molecule has 1 saturated carbocycles. The molecule has 1 amide bonds. The number of rotatable bonds is 5. The summed E-state index contributed by atoms with van der Waals surface area (Å²) >= 11 is 0. The lowest BCUT2D eigenvalue weighted by Gasteiger charge is -2.35. The minimum Gasteiger partial charge on any atom is -0.368 e. The number of nitrogens with zero attached hydrogens (tertiary/aromatic N) is 1. The molecule has 0 bridgehead atoms. The molecule has 2 N–H and O–H groups in total. The highest BCUT2D eigenvalue weighted by Gasteiger charge is 2.32. The quantitative estimate of drug-likeness (QED) is 0.834. The predicted octanol–water partition coefficient (Wildman–Crippen LogP) is 3.65. The molecule has 2 unspecified atom stereocenters. The molecule has 2 aliphatic rings. The van der Waals surface area contributed by atoms with Crippen LogP contribution in [0.15, 0.2) is 54.4 Å². The molecule has 0 saturated heterocycles. The van der Waals surface area contributed by atoms with Gasteiger partial charge in [0.25, 0.3) is 0 Å². The summed E-state index contributed by atoms with van der Waals surface area (Å²) < 4.78 is 0. The van der Waals surface area contributed by atoms with Crippen LogP contribution in [0, 0.1) is 11.8 Å². The first kappa shape index (κ1) is 17.5. The van der Waals surface area contributed by atoms with Crippen LogP contribution in [0.25, 0.3) is 0 Å². The largest absolute Gasteiger partial charge is 0.368 e. The molecule has 1 aromatic rings. The summed E-state index contributed by atoms with van der Waals surface area (Å²) in [5.41, 5.74) is 6.91. The topological polar surface area (TPSA) is 63.4 Å². The molecule has 3 rings (SSSR count). The molecule has 2 atom stereocenters. The molecule has 0 aromatic heterocycles. The third kappa shape index (κ3) is 3.84. The number of hydrogen-bond acceptors (Lipinski definition) is 3. The fourth-order valence-corrected chi connectivity index (χ4v) is 3.84. The van der Waals surface area contributed by atoms with E-state index in [2.05, 4.69) is 6.08 Å². The van der Waals surface area contributed by atoms with E-state index in [1.165, 1.54) is 19.3 Å². The Morgan fingerprint density at radius 2 is 1.80 bits per heavy atom. The van der Waals surface area contributed by atoms with Crippen molar-refractivity contribution in [3.05, 3.63) is 59.9 Å². The zero-order chi connectivity index (χ0) is 17.8. The van der Waals surface area contributed by atoms with Crippen LogP contribution in [-0.2, 0) is 4.79 Å². The molecule has 1 aliphatic heterocycles. The third-order valence-corrected chi connectivity index (χ3v) is 5.43. The Labute approximate surface area is 149 Å². The summed E-state index contributed by atoms with van der Waals surface area (Å²) in [5, 5.41) is 0. The standard InChI is InChI=1S/C21H26N2O2/c1-15(21(22)25)23-13-12-18(16-8-4-2-5-9-16)19(14-23)20(24)17-10-6-3-7-11-17/h3,6-7,10-16,18H,2,4-5,8-9H2,1H3,(H2,22,25). The Bertz CT molecular complexity index is 687. The second-order valence-corrected chi connectivity index (χ2v) is 7.07. The number of benzene rings is 1. The second kappa shape index (κ2) is 7.68. The summed E-state index contributed by atoms with van der Waals surface area (Å²) in [4.78, 5) is 26.5. The fraction of sp³-hybridized carbons (Fsp3) is 0.429. The van der Waals surface area contributed by atoms with Gasteiger partial charge in [-0.3, -0.25) is 9.59 Å². The van der Waals surface area contributed by atoms with Gasteiger partial charge < -0.3 is 10.6 Å². The lowest BCUT2D eigenvalue weighted by Crippen LogP contribution is -2.39. The maximum atomic E-state index is 13.1. The first-order valence-electron chi connectivity index (χ1n) is 9.14. The second-order valence-electron chi connectivity index (χ2n) is 7.07. The third-order valence-electron chi connectivity index (χ3n) is 5.43. The van der Waals surface area contributed by atoms with Gasteiger partial charge in [-0.25, -0.2) is 0 Å². The van der Waals surface area contributed by atoms with Gasteiger partial charge in [-0.05, 0) is 25.7 Å². The number of nitrogens with two attached hydrogens (primary N) is 1. The van der Waals surface area contributed by atoms with Gasteiger partial charge >= 0.3 is 0 Å².